The molecule has 0 aliphatic carbocycles. The molecule has 0 saturated carbocycles. The predicted octanol–water partition coefficient (Wildman–Crippen LogP) is 2.26. The molecular weight excluding hydrogens is 172 g/mol. The molecule has 0 bridgehead atoms. The molecule has 1 aromatic rings. The van der Waals surface area contributed by atoms with E-state index < -0.39 is 0 Å². The van der Waals surface area contributed by atoms with Crippen LogP contribution in [0, 0.1) is 19.3 Å². The minimum Gasteiger partial charge on any atom is -0.319 e. The van der Waals surface area contributed by atoms with E-state index in [2.05, 4.69) is 37.4 Å². The van der Waals surface area contributed by atoms with E-state index in [1.54, 1.807) is 0 Å². The average molecular weight is 190 g/mol. The van der Waals surface area contributed by atoms with E-state index in [9.17, 15) is 0 Å². The van der Waals surface area contributed by atoms with Gasteiger partial charge in [0, 0.05) is 18.7 Å². The number of likely N-dealkylation sites (N-methyl/N-ethyl adjacent to an activating group) is 1. The highest BCUT2D eigenvalue weighted by atomic mass is 14.8. The van der Waals surface area contributed by atoms with Gasteiger partial charge in [0.25, 0.3) is 0 Å². The summed E-state index contributed by atoms with van der Waals surface area (Å²) in [4.78, 5) is 0. The maximum Gasteiger partial charge on any atom is 0.0311 e. The van der Waals surface area contributed by atoms with Gasteiger partial charge >= 0.3 is 0 Å². The SMILES string of the molecule is CNCC(C=N)c1cc(C)cc(C)c1. The van der Waals surface area contributed by atoms with Crippen LogP contribution in [0.4, 0.5) is 0 Å². The highest BCUT2D eigenvalue weighted by molar-refractivity contribution is 5.65. The zero-order valence-electron chi connectivity index (χ0n) is 9.09. The lowest BCUT2D eigenvalue weighted by Crippen LogP contribution is -2.18. The molecule has 1 rings (SSSR count). The van der Waals surface area contributed by atoms with Gasteiger partial charge in [0.1, 0.15) is 0 Å². The first-order valence-electron chi connectivity index (χ1n) is 4.90. The molecule has 1 aromatic carbocycles. The third-order valence-electron chi connectivity index (χ3n) is 2.30. The highest BCUT2D eigenvalue weighted by Crippen LogP contribution is 2.16. The number of hydrogen-bond acceptors (Lipinski definition) is 2. The van der Waals surface area contributed by atoms with Crippen LogP contribution >= 0.6 is 0 Å². The third kappa shape index (κ3) is 2.67. The Kier molecular flexibility index (Phi) is 3.84. The molecule has 0 aliphatic heterocycles. The summed E-state index contributed by atoms with van der Waals surface area (Å²) in [7, 11) is 1.92. The summed E-state index contributed by atoms with van der Waals surface area (Å²) < 4.78 is 0. The molecule has 0 aliphatic rings. The van der Waals surface area contributed by atoms with Gasteiger partial charge in [-0.05, 0) is 26.5 Å². The van der Waals surface area contributed by atoms with Crippen molar-refractivity contribution in [1.82, 2.24) is 5.32 Å². The van der Waals surface area contributed by atoms with Gasteiger partial charge in [-0.1, -0.05) is 29.3 Å². The zero-order chi connectivity index (χ0) is 10.6. The standard InChI is InChI=1S/C12H18N2/c1-9-4-10(2)6-11(5-9)12(7-13)8-14-3/h4-7,12-14H,8H2,1-3H3. The Morgan fingerprint density at radius 3 is 2.29 bits per heavy atom. The third-order valence-corrected chi connectivity index (χ3v) is 2.30. The second-order valence-corrected chi connectivity index (χ2v) is 3.75. The molecule has 1 unspecified atom stereocenters. The second-order valence-electron chi connectivity index (χ2n) is 3.75. The van der Waals surface area contributed by atoms with Crippen LogP contribution in [0.15, 0.2) is 18.2 Å². The summed E-state index contributed by atoms with van der Waals surface area (Å²) in [6.07, 6.45) is 1.50. The largest absolute Gasteiger partial charge is 0.319 e. The first-order valence-corrected chi connectivity index (χ1v) is 4.90. The molecule has 0 heterocycles. The van der Waals surface area contributed by atoms with E-state index in [4.69, 9.17) is 5.41 Å². The summed E-state index contributed by atoms with van der Waals surface area (Å²) in [6, 6.07) is 6.46. The first-order chi connectivity index (χ1) is 6.67. The van der Waals surface area contributed by atoms with Crippen LogP contribution < -0.4 is 5.32 Å². The lowest BCUT2D eigenvalue weighted by Gasteiger charge is -2.13. The number of nitrogens with one attached hydrogen (secondary N) is 2. The lowest BCUT2D eigenvalue weighted by molar-refractivity contribution is 0.754. The smallest absolute Gasteiger partial charge is 0.0311 e. The van der Waals surface area contributed by atoms with Gasteiger partial charge in [-0.25, -0.2) is 0 Å². The maximum absolute atomic E-state index is 7.38. The minimum atomic E-state index is 0.193. The van der Waals surface area contributed by atoms with Crippen LogP contribution in [0.1, 0.15) is 22.6 Å². The summed E-state index contributed by atoms with van der Waals surface area (Å²) in [5.41, 5.74) is 3.76. The monoisotopic (exact) mass is 190 g/mol. The van der Waals surface area contributed by atoms with Crippen molar-refractivity contribution in [3.63, 3.8) is 0 Å². The maximum atomic E-state index is 7.38. The summed E-state index contributed by atoms with van der Waals surface area (Å²) in [6.45, 7) is 5.01. The van der Waals surface area contributed by atoms with E-state index in [1.807, 2.05) is 7.05 Å². The summed E-state index contributed by atoms with van der Waals surface area (Å²) >= 11 is 0. The molecule has 0 saturated heterocycles. The van der Waals surface area contributed by atoms with Crippen LogP contribution in [0.5, 0.6) is 0 Å². The molecule has 2 heteroatoms. The van der Waals surface area contributed by atoms with Gasteiger partial charge in [0.2, 0.25) is 0 Å². The Hall–Kier alpha value is -1.15. The Bertz CT molecular complexity index is 298. The Labute approximate surface area is 85.9 Å². The molecule has 1 atom stereocenters. The molecule has 0 aromatic heterocycles. The highest BCUT2D eigenvalue weighted by Gasteiger charge is 2.07. The van der Waals surface area contributed by atoms with Crippen LogP contribution in [-0.2, 0) is 0 Å². The fourth-order valence-electron chi connectivity index (χ4n) is 1.72. The zero-order valence-corrected chi connectivity index (χ0v) is 9.09. The molecule has 0 spiro atoms. The number of benzene rings is 1. The van der Waals surface area contributed by atoms with Gasteiger partial charge in [-0.2, -0.15) is 0 Å². The van der Waals surface area contributed by atoms with Crippen molar-refractivity contribution in [3.05, 3.63) is 34.9 Å². The molecule has 0 radical (unpaired) electrons. The quantitative estimate of drug-likeness (QED) is 0.702. The van der Waals surface area contributed by atoms with Gasteiger partial charge < -0.3 is 10.7 Å². The molecule has 76 valence electrons. The number of hydrogen-bond donors (Lipinski definition) is 2. The van der Waals surface area contributed by atoms with Crippen LogP contribution in [-0.4, -0.2) is 19.8 Å². The van der Waals surface area contributed by atoms with E-state index in [-0.39, 0.29) is 5.92 Å². The van der Waals surface area contributed by atoms with Crippen LogP contribution in [0.25, 0.3) is 0 Å². The number of rotatable bonds is 4. The molecule has 2 nitrogen and oxygen atoms in total. The van der Waals surface area contributed by atoms with Crippen molar-refractivity contribution >= 4 is 6.21 Å². The Balaban J connectivity index is 2.97. The predicted molar refractivity (Wildman–Crippen MR) is 61.4 cm³/mol. The van der Waals surface area contributed by atoms with E-state index >= 15 is 0 Å². The Morgan fingerprint density at radius 2 is 1.86 bits per heavy atom. The molecule has 2 N–H and O–H groups in total. The van der Waals surface area contributed by atoms with Crippen molar-refractivity contribution in [2.24, 2.45) is 0 Å². The van der Waals surface area contributed by atoms with Crippen LogP contribution in [0.3, 0.4) is 0 Å². The lowest BCUT2D eigenvalue weighted by atomic mass is 9.96. The molecule has 14 heavy (non-hydrogen) atoms. The van der Waals surface area contributed by atoms with Gasteiger partial charge in [-0.3, -0.25) is 0 Å². The second kappa shape index (κ2) is 4.91. The van der Waals surface area contributed by atoms with E-state index in [1.165, 1.54) is 22.9 Å². The molecular formula is C12H18N2. The van der Waals surface area contributed by atoms with Gasteiger partial charge in [0.15, 0.2) is 0 Å². The topological polar surface area (TPSA) is 35.9 Å². The molecule has 0 fully saturated rings. The van der Waals surface area contributed by atoms with Crippen molar-refractivity contribution in [3.8, 4) is 0 Å². The van der Waals surface area contributed by atoms with Crippen molar-refractivity contribution in [2.75, 3.05) is 13.6 Å². The summed E-state index contributed by atoms with van der Waals surface area (Å²) in [5, 5.41) is 10.5. The summed E-state index contributed by atoms with van der Waals surface area (Å²) in [5.74, 6) is 0.193. The average Bonchev–Trinajstić information content (AvgIpc) is 2.12. The van der Waals surface area contributed by atoms with Gasteiger partial charge in [-0.15, -0.1) is 0 Å². The fraction of sp³-hybridized carbons (Fsp3) is 0.417. The van der Waals surface area contributed by atoms with Gasteiger partial charge in [0.05, 0.1) is 0 Å². The van der Waals surface area contributed by atoms with Crippen molar-refractivity contribution in [2.45, 2.75) is 19.8 Å². The van der Waals surface area contributed by atoms with Crippen LogP contribution in [0.2, 0.25) is 0 Å². The first kappa shape index (κ1) is 10.9. The Morgan fingerprint density at radius 1 is 1.29 bits per heavy atom. The normalized spacial score (nSPS) is 12.5. The van der Waals surface area contributed by atoms with E-state index in [0.29, 0.717) is 0 Å². The number of aryl methyl sites for hydroxylation is 2. The molecule has 0 amide bonds. The minimum absolute atomic E-state index is 0.193. The van der Waals surface area contributed by atoms with E-state index in [0.717, 1.165) is 6.54 Å². The fourth-order valence-corrected chi connectivity index (χ4v) is 1.72. The van der Waals surface area contributed by atoms with Crippen molar-refractivity contribution in [1.29, 1.82) is 5.41 Å². The van der Waals surface area contributed by atoms with Crippen molar-refractivity contribution < 1.29 is 0 Å².